The molecule has 0 amide bonds. The van der Waals surface area contributed by atoms with Gasteiger partial charge < -0.3 is 9.90 Å². The Morgan fingerprint density at radius 3 is 2.33 bits per heavy atom. The first-order chi connectivity index (χ1) is 18.9. The summed E-state index contributed by atoms with van der Waals surface area (Å²) in [5, 5.41) is 9.86. The molecule has 1 aliphatic heterocycles. The van der Waals surface area contributed by atoms with Crippen LogP contribution in [0.4, 0.5) is 24.7 Å². The fourth-order valence-electron chi connectivity index (χ4n) is 4.93. The second-order valence-corrected chi connectivity index (χ2v) is 10.6. The van der Waals surface area contributed by atoms with Gasteiger partial charge in [0, 0.05) is 35.0 Å². The average molecular weight is 595 g/mol. The number of aromatic nitrogens is 3. The van der Waals surface area contributed by atoms with Crippen molar-refractivity contribution in [1.82, 2.24) is 9.97 Å². The van der Waals surface area contributed by atoms with E-state index in [-0.39, 0.29) is 11.7 Å². The first-order valence-electron chi connectivity index (χ1n) is 12.9. The van der Waals surface area contributed by atoms with E-state index in [4.69, 9.17) is 38.1 Å². The first-order valence-corrected chi connectivity index (χ1v) is 13.6. The van der Waals surface area contributed by atoms with Crippen LogP contribution in [0, 0.1) is 0 Å². The van der Waals surface area contributed by atoms with E-state index in [9.17, 15) is 18.0 Å². The van der Waals surface area contributed by atoms with Crippen molar-refractivity contribution in [1.29, 1.82) is 0 Å². The minimum absolute atomic E-state index is 0.0311. The number of rotatable bonds is 5. The highest BCUT2D eigenvalue weighted by Crippen LogP contribution is 2.36. The van der Waals surface area contributed by atoms with Gasteiger partial charge in [-0.15, -0.1) is 0 Å². The Morgan fingerprint density at radius 2 is 1.65 bits per heavy atom. The minimum atomic E-state index is -5.19. The van der Waals surface area contributed by atoms with Gasteiger partial charge in [0.1, 0.15) is 17.4 Å². The number of anilines is 2. The van der Waals surface area contributed by atoms with Gasteiger partial charge in [-0.2, -0.15) is 13.2 Å². The molecule has 5 rings (SSSR count). The van der Waals surface area contributed by atoms with E-state index in [1.54, 1.807) is 24.3 Å². The van der Waals surface area contributed by atoms with E-state index in [1.807, 2.05) is 0 Å². The van der Waals surface area contributed by atoms with E-state index in [2.05, 4.69) is 33.9 Å². The predicted molar refractivity (Wildman–Crippen MR) is 142 cm³/mol. The molecule has 1 atom stereocenters. The van der Waals surface area contributed by atoms with Crippen LogP contribution in [-0.4, -0.2) is 34.4 Å². The van der Waals surface area contributed by atoms with Crippen LogP contribution in [0.5, 0.6) is 0 Å². The topological polar surface area (TPSA) is 100 Å². The maximum atomic E-state index is 12.7. The molecule has 0 fully saturated rings. The molecule has 0 saturated heterocycles. The predicted octanol–water partition coefficient (Wildman–Crippen LogP) is 5.24. The molecule has 0 spiro atoms. The molecular formula is C28H27Cl2F3N4O3. The van der Waals surface area contributed by atoms with Crippen LogP contribution in [0.15, 0.2) is 36.4 Å². The number of fused-ring (bicyclic) bond motifs is 2. The highest BCUT2D eigenvalue weighted by atomic mass is 35.5. The van der Waals surface area contributed by atoms with Gasteiger partial charge in [-0.3, -0.25) is 14.7 Å². The van der Waals surface area contributed by atoms with Gasteiger partial charge in [0.15, 0.2) is 5.78 Å². The minimum Gasteiger partial charge on any atom is -0.542 e. The third kappa shape index (κ3) is 7.09. The number of hydrogen-bond donors (Lipinski definition) is 0. The largest absolute Gasteiger partial charge is 0.542 e. The summed E-state index contributed by atoms with van der Waals surface area (Å²) >= 11 is 12.3. The number of carboxylic acids is 1. The van der Waals surface area contributed by atoms with E-state index in [1.165, 1.54) is 12.0 Å². The number of carbonyl (C=O) groups excluding carboxylic acids is 2. The van der Waals surface area contributed by atoms with E-state index in [0.29, 0.717) is 22.3 Å². The zero-order valence-electron chi connectivity index (χ0n) is 21.7. The third-order valence-corrected chi connectivity index (χ3v) is 7.33. The molecule has 1 aromatic carbocycles. The molecule has 1 N–H and O–H groups in total. The monoisotopic (exact) mass is 594 g/mol. The number of nitrogens with one attached hydrogen (secondary N) is 1. The number of nitrogens with zero attached hydrogens (tertiary/aromatic N) is 3. The second kappa shape index (κ2) is 12.5. The molecule has 12 heteroatoms. The van der Waals surface area contributed by atoms with E-state index >= 15 is 0 Å². The number of carboxylic acid groups (broad SMARTS) is 1. The quantitative estimate of drug-likeness (QED) is 0.296. The van der Waals surface area contributed by atoms with Gasteiger partial charge in [0.2, 0.25) is 5.82 Å². The molecule has 0 bridgehead atoms. The lowest BCUT2D eigenvalue weighted by Gasteiger charge is -2.28. The number of Topliss-reactive ketones (excluding diaryl/α,β-unsaturated/α-hetero) is 1. The van der Waals surface area contributed by atoms with Crippen molar-refractivity contribution < 1.29 is 32.9 Å². The number of aryl methyl sites for hydroxylation is 2. The Morgan fingerprint density at radius 1 is 1.00 bits per heavy atom. The van der Waals surface area contributed by atoms with Gasteiger partial charge in [-0.25, -0.2) is 4.98 Å². The molecule has 40 heavy (non-hydrogen) atoms. The summed E-state index contributed by atoms with van der Waals surface area (Å²) in [4.78, 5) is 36.7. The Kier molecular flexibility index (Phi) is 9.30. The van der Waals surface area contributed by atoms with Crippen molar-refractivity contribution in [3.05, 3.63) is 74.9 Å². The second-order valence-electron chi connectivity index (χ2n) is 9.79. The van der Waals surface area contributed by atoms with Crippen molar-refractivity contribution >= 4 is 46.5 Å². The molecule has 1 aliphatic carbocycles. The van der Waals surface area contributed by atoms with Crippen LogP contribution in [-0.2, 0) is 24.1 Å². The normalized spacial score (nSPS) is 15.3. The summed E-state index contributed by atoms with van der Waals surface area (Å²) in [5.74, 6) is -1.81. The fraction of sp³-hybridized carbons (Fsp3) is 0.393. The van der Waals surface area contributed by atoms with E-state index < -0.39 is 12.1 Å². The average Bonchev–Trinajstić information content (AvgIpc) is 2.92. The van der Waals surface area contributed by atoms with Crippen LogP contribution in [0.2, 0.25) is 10.3 Å². The number of H-pyrrole nitrogens is 1. The Hall–Kier alpha value is -3.24. The lowest BCUT2D eigenvalue weighted by atomic mass is 9.94. The highest BCUT2D eigenvalue weighted by molar-refractivity contribution is 6.30. The number of hydrogen-bond acceptors (Lipinski definition) is 6. The molecule has 0 saturated carbocycles. The number of benzene rings is 1. The fourth-order valence-corrected chi connectivity index (χ4v) is 5.24. The summed E-state index contributed by atoms with van der Waals surface area (Å²) in [6, 6.07) is 11.3. The molecule has 7 nitrogen and oxygen atoms in total. The SMILES string of the molecule is CC(CC(=O)c1ccc(Cl)cc1)c1ccc2c(n1)CCCN2c1[nH+]c(Cl)nc2c1CCCC2.O=C([O-])C(F)(F)F. The van der Waals surface area contributed by atoms with Crippen molar-refractivity contribution in [2.75, 3.05) is 11.4 Å². The number of halogens is 5. The van der Waals surface area contributed by atoms with Gasteiger partial charge >= 0.3 is 11.5 Å². The number of carbonyl (C=O) groups is 2. The van der Waals surface area contributed by atoms with Crippen LogP contribution < -0.4 is 15.0 Å². The number of aromatic amines is 1. The Labute approximate surface area is 239 Å². The Bertz CT molecular complexity index is 1400. The van der Waals surface area contributed by atoms with Gasteiger partial charge in [-0.05, 0) is 80.1 Å². The van der Waals surface area contributed by atoms with Crippen molar-refractivity contribution in [2.45, 2.75) is 64.0 Å². The lowest BCUT2D eigenvalue weighted by Crippen LogP contribution is -2.37. The molecule has 3 aromatic rings. The molecule has 0 radical (unpaired) electrons. The molecule has 2 aromatic heterocycles. The Balaban J connectivity index is 0.000000470. The number of ketones is 1. The van der Waals surface area contributed by atoms with E-state index in [0.717, 1.165) is 67.2 Å². The van der Waals surface area contributed by atoms with Gasteiger partial charge in [0.05, 0.1) is 17.8 Å². The van der Waals surface area contributed by atoms with Crippen LogP contribution >= 0.6 is 23.2 Å². The van der Waals surface area contributed by atoms with Gasteiger partial charge in [0.25, 0.3) is 0 Å². The maximum absolute atomic E-state index is 12.7. The van der Waals surface area contributed by atoms with Gasteiger partial charge in [-0.1, -0.05) is 23.5 Å². The molecule has 3 heterocycles. The number of alkyl halides is 3. The number of aliphatic carboxylic acids is 1. The molecule has 1 unspecified atom stereocenters. The van der Waals surface area contributed by atoms with Crippen molar-refractivity contribution in [3.63, 3.8) is 0 Å². The highest BCUT2D eigenvalue weighted by Gasteiger charge is 2.32. The van der Waals surface area contributed by atoms with Crippen LogP contribution in [0.25, 0.3) is 0 Å². The zero-order chi connectivity index (χ0) is 29.0. The number of pyridine rings is 1. The molecular weight excluding hydrogens is 568 g/mol. The molecule has 2 aliphatic rings. The first kappa shape index (κ1) is 29.7. The summed E-state index contributed by atoms with van der Waals surface area (Å²) in [7, 11) is 0. The van der Waals surface area contributed by atoms with Crippen LogP contribution in [0.1, 0.15) is 71.5 Å². The van der Waals surface area contributed by atoms with Crippen LogP contribution in [0.3, 0.4) is 0 Å². The summed E-state index contributed by atoms with van der Waals surface area (Å²) in [6.45, 7) is 2.98. The molecule has 212 valence electrons. The maximum Gasteiger partial charge on any atom is 0.430 e. The lowest BCUT2D eigenvalue weighted by molar-refractivity contribution is -0.366. The summed E-state index contributed by atoms with van der Waals surface area (Å²) in [5.41, 5.74) is 6.24. The summed E-state index contributed by atoms with van der Waals surface area (Å²) < 4.78 is 31.5. The summed E-state index contributed by atoms with van der Waals surface area (Å²) in [6.07, 6.45) is 1.50. The third-order valence-electron chi connectivity index (χ3n) is 6.90. The zero-order valence-corrected chi connectivity index (χ0v) is 23.2. The standard InChI is InChI=1S/C26H26Cl2N4O.C2HF3O2/c1-16(15-24(33)17-8-10-18(27)11-9-17)20-12-13-23-22(29-20)7-4-14-32(23)25-19-5-2-3-6-21(19)30-26(28)31-25;3-2(4,5)1(6)7/h8-13,16H,2-7,14-15H2,1H3;(H,6,7). The van der Waals surface area contributed by atoms with Crippen molar-refractivity contribution in [3.8, 4) is 0 Å². The smallest absolute Gasteiger partial charge is 0.430 e. The van der Waals surface area contributed by atoms with Crippen molar-refractivity contribution in [2.24, 2.45) is 0 Å².